The van der Waals surface area contributed by atoms with E-state index < -0.39 is 0 Å². The fraction of sp³-hybridized carbons (Fsp3) is 0.500. The summed E-state index contributed by atoms with van der Waals surface area (Å²) < 4.78 is 3.74. The molecule has 1 N–H and O–H groups in total. The number of carbonyl (C=O) groups excluding carboxylic acids is 1. The van der Waals surface area contributed by atoms with Crippen molar-refractivity contribution < 1.29 is 4.79 Å². The van der Waals surface area contributed by atoms with Gasteiger partial charge in [-0.2, -0.15) is 0 Å². The molecular weight excluding hydrogens is 352 g/mol. The minimum atomic E-state index is -0.244. The highest BCUT2D eigenvalue weighted by atomic mass is 32.2. The van der Waals surface area contributed by atoms with Crippen LogP contribution in [-0.4, -0.2) is 46.5 Å². The number of amides is 1. The van der Waals surface area contributed by atoms with Gasteiger partial charge in [-0.1, -0.05) is 30.7 Å². The Hall–Kier alpha value is -2.49. The molecule has 3 aromatic heterocycles. The third-order valence-corrected chi connectivity index (χ3v) is 5.50. The van der Waals surface area contributed by atoms with Crippen molar-refractivity contribution in [3.8, 4) is 0 Å². The van der Waals surface area contributed by atoms with Gasteiger partial charge >= 0.3 is 0 Å². The second kappa shape index (κ2) is 7.40. The van der Waals surface area contributed by atoms with E-state index in [1.54, 1.807) is 0 Å². The molecular formula is C16H20N8OS. The Labute approximate surface area is 154 Å². The highest BCUT2D eigenvalue weighted by Gasteiger charge is 2.22. The fourth-order valence-corrected chi connectivity index (χ4v) is 4.05. The van der Waals surface area contributed by atoms with Crippen molar-refractivity contribution in [2.24, 2.45) is 0 Å². The number of nitrogens with one attached hydrogen (secondary N) is 1. The van der Waals surface area contributed by atoms with Gasteiger partial charge in [0.2, 0.25) is 11.1 Å². The van der Waals surface area contributed by atoms with Gasteiger partial charge in [-0.15, -0.1) is 15.3 Å². The maximum Gasteiger partial charge on any atom is 0.231 e. The molecule has 10 heteroatoms. The smallest absolute Gasteiger partial charge is 0.231 e. The molecule has 1 saturated carbocycles. The van der Waals surface area contributed by atoms with Crippen LogP contribution in [0.15, 0.2) is 29.6 Å². The number of hydrogen-bond donors (Lipinski definition) is 1. The van der Waals surface area contributed by atoms with E-state index in [4.69, 9.17) is 0 Å². The van der Waals surface area contributed by atoms with Gasteiger partial charge in [0, 0.05) is 6.20 Å². The van der Waals surface area contributed by atoms with Crippen LogP contribution in [0, 0.1) is 0 Å². The zero-order valence-electron chi connectivity index (χ0n) is 14.4. The lowest BCUT2D eigenvalue weighted by atomic mass is 10.3. The van der Waals surface area contributed by atoms with E-state index in [2.05, 4.69) is 31.0 Å². The Morgan fingerprint density at radius 3 is 3.00 bits per heavy atom. The first kappa shape index (κ1) is 17.0. The van der Waals surface area contributed by atoms with Crippen molar-refractivity contribution in [1.82, 2.24) is 40.1 Å². The summed E-state index contributed by atoms with van der Waals surface area (Å²) in [5, 5.41) is 23.9. The molecule has 1 aliphatic rings. The van der Waals surface area contributed by atoms with Gasteiger partial charge in [-0.25, -0.2) is 4.68 Å². The zero-order valence-corrected chi connectivity index (χ0v) is 15.3. The number of aromatic nitrogens is 7. The molecule has 1 fully saturated rings. The van der Waals surface area contributed by atoms with Crippen molar-refractivity contribution in [3.05, 3.63) is 30.2 Å². The maximum absolute atomic E-state index is 12.3. The van der Waals surface area contributed by atoms with E-state index in [1.807, 2.05) is 40.4 Å². The van der Waals surface area contributed by atoms with Crippen molar-refractivity contribution in [2.75, 3.05) is 5.75 Å². The first-order chi connectivity index (χ1) is 12.7. The molecule has 0 aliphatic heterocycles. The predicted molar refractivity (Wildman–Crippen MR) is 95.6 cm³/mol. The summed E-state index contributed by atoms with van der Waals surface area (Å²) >= 11 is 1.36. The molecule has 0 spiro atoms. The van der Waals surface area contributed by atoms with Gasteiger partial charge in [-0.05, 0) is 42.3 Å². The van der Waals surface area contributed by atoms with Crippen LogP contribution in [0.4, 0.5) is 0 Å². The minimum absolute atomic E-state index is 0.0869. The second-order valence-electron chi connectivity index (χ2n) is 6.41. The number of nitrogens with zero attached hydrogens (tertiary/aromatic N) is 7. The van der Waals surface area contributed by atoms with Crippen LogP contribution in [0.1, 0.15) is 50.5 Å². The number of tetrazole rings is 1. The summed E-state index contributed by atoms with van der Waals surface area (Å²) in [4.78, 5) is 12.3. The third-order valence-electron chi connectivity index (χ3n) is 4.57. The van der Waals surface area contributed by atoms with Gasteiger partial charge in [0.05, 0.1) is 17.8 Å². The van der Waals surface area contributed by atoms with Crippen LogP contribution >= 0.6 is 11.8 Å². The molecule has 1 unspecified atom stereocenters. The van der Waals surface area contributed by atoms with Crippen molar-refractivity contribution in [3.63, 3.8) is 0 Å². The molecule has 9 nitrogen and oxygen atoms in total. The number of hydrogen-bond acceptors (Lipinski definition) is 7. The second-order valence-corrected chi connectivity index (χ2v) is 7.35. The minimum Gasteiger partial charge on any atom is -0.346 e. The normalized spacial score (nSPS) is 16.2. The molecule has 1 atom stereocenters. The first-order valence-corrected chi connectivity index (χ1v) is 9.70. The van der Waals surface area contributed by atoms with Gasteiger partial charge in [0.1, 0.15) is 0 Å². The largest absolute Gasteiger partial charge is 0.346 e. The van der Waals surface area contributed by atoms with E-state index >= 15 is 0 Å². The Kier molecular flexibility index (Phi) is 4.83. The molecule has 3 aromatic rings. The summed E-state index contributed by atoms with van der Waals surface area (Å²) in [6.45, 7) is 1.90. The summed E-state index contributed by atoms with van der Waals surface area (Å²) in [5.41, 5.74) is 0.758. The van der Waals surface area contributed by atoms with Gasteiger partial charge < -0.3 is 5.32 Å². The van der Waals surface area contributed by atoms with Gasteiger partial charge in [0.25, 0.3) is 0 Å². The van der Waals surface area contributed by atoms with Crippen LogP contribution < -0.4 is 5.32 Å². The van der Waals surface area contributed by atoms with Crippen LogP contribution in [0.25, 0.3) is 5.65 Å². The quantitative estimate of drug-likeness (QED) is 0.658. The average molecular weight is 372 g/mol. The van der Waals surface area contributed by atoms with E-state index in [-0.39, 0.29) is 17.7 Å². The van der Waals surface area contributed by atoms with Gasteiger partial charge in [-0.3, -0.25) is 9.20 Å². The number of rotatable bonds is 6. The standard InChI is InChI=1S/C16H20N8OS/c1-11(15-19-18-13-8-4-5-9-23(13)15)17-14(25)10-26-16-20-21-22-24(16)12-6-2-3-7-12/h4-5,8-9,11-12H,2-3,6-7,10H2,1H3,(H,17,25). The van der Waals surface area contributed by atoms with Crippen LogP contribution in [0.5, 0.6) is 0 Å². The topological polar surface area (TPSA) is 103 Å². The van der Waals surface area contributed by atoms with Crippen LogP contribution in [-0.2, 0) is 4.79 Å². The van der Waals surface area contributed by atoms with E-state index in [9.17, 15) is 4.79 Å². The van der Waals surface area contributed by atoms with Crippen molar-refractivity contribution in [1.29, 1.82) is 0 Å². The number of thioether (sulfide) groups is 1. The number of carbonyl (C=O) groups is 1. The molecule has 4 rings (SSSR count). The maximum atomic E-state index is 12.3. The third kappa shape index (κ3) is 3.41. The SMILES string of the molecule is CC(NC(=O)CSc1nnnn1C1CCCC1)c1nnc2ccccn12. The highest BCUT2D eigenvalue weighted by molar-refractivity contribution is 7.99. The Morgan fingerprint density at radius 2 is 2.15 bits per heavy atom. The highest BCUT2D eigenvalue weighted by Crippen LogP contribution is 2.31. The van der Waals surface area contributed by atoms with E-state index in [1.165, 1.54) is 24.6 Å². The van der Waals surface area contributed by atoms with Gasteiger partial charge in [0.15, 0.2) is 11.5 Å². The van der Waals surface area contributed by atoms with Crippen LogP contribution in [0.3, 0.4) is 0 Å². The Bertz CT molecular complexity index is 900. The molecule has 0 radical (unpaired) electrons. The fourth-order valence-electron chi connectivity index (χ4n) is 3.29. The Morgan fingerprint density at radius 1 is 1.31 bits per heavy atom. The molecule has 0 bridgehead atoms. The monoisotopic (exact) mass is 372 g/mol. The summed E-state index contributed by atoms with van der Waals surface area (Å²) in [6, 6.07) is 5.81. The predicted octanol–water partition coefficient (Wildman–Crippen LogP) is 1.80. The molecule has 0 saturated heterocycles. The first-order valence-electron chi connectivity index (χ1n) is 8.72. The molecule has 3 heterocycles. The Balaban J connectivity index is 1.36. The average Bonchev–Trinajstić information content (AvgIpc) is 3.38. The lowest BCUT2D eigenvalue weighted by molar-refractivity contribution is -0.119. The van der Waals surface area contributed by atoms with Crippen molar-refractivity contribution >= 4 is 23.3 Å². The summed E-state index contributed by atoms with van der Waals surface area (Å²) in [5.74, 6) is 0.875. The summed E-state index contributed by atoms with van der Waals surface area (Å²) in [6.07, 6.45) is 6.50. The van der Waals surface area contributed by atoms with Crippen molar-refractivity contribution in [2.45, 2.75) is 49.8 Å². The lowest BCUT2D eigenvalue weighted by Crippen LogP contribution is -2.29. The lowest BCUT2D eigenvalue weighted by Gasteiger charge is -2.13. The molecule has 0 aromatic carbocycles. The molecule has 1 amide bonds. The molecule has 1 aliphatic carbocycles. The number of fused-ring (bicyclic) bond motifs is 1. The van der Waals surface area contributed by atoms with E-state index in [0.717, 1.165) is 18.5 Å². The van der Waals surface area contributed by atoms with E-state index in [0.29, 0.717) is 17.0 Å². The summed E-state index contributed by atoms with van der Waals surface area (Å²) in [7, 11) is 0. The molecule has 26 heavy (non-hydrogen) atoms. The van der Waals surface area contributed by atoms with Crippen LogP contribution in [0.2, 0.25) is 0 Å². The number of pyridine rings is 1. The molecule has 136 valence electrons. The zero-order chi connectivity index (χ0) is 17.9.